The zero-order valence-electron chi connectivity index (χ0n) is 18.8. The highest BCUT2D eigenvalue weighted by atomic mass is 16.1. The number of nitrogens with one attached hydrogen (secondary N) is 1. The number of carbonyl (C=O) groups is 1. The second-order valence-corrected chi connectivity index (χ2v) is 9.14. The van der Waals surface area contributed by atoms with E-state index in [1.165, 1.54) is 42.6 Å². The van der Waals surface area contributed by atoms with Gasteiger partial charge in [0.2, 0.25) is 5.91 Å². The van der Waals surface area contributed by atoms with E-state index < -0.39 is 0 Å². The number of rotatable bonds is 7. The molecule has 0 saturated carbocycles. The van der Waals surface area contributed by atoms with E-state index in [2.05, 4.69) is 51.3 Å². The summed E-state index contributed by atoms with van der Waals surface area (Å²) in [7, 11) is 0. The highest BCUT2D eigenvalue weighted by molar-refractivity contribution is 5.78. The monoisotopic (exact) mass is 420 g/mol. The number of benzene rings is 1. The fourth-order valence-corrected chi connectivity index (χ4v) is 5.02. The Morgan fingerprint density at radius 2 is 1.71 bits per heavy atom. The van der Waals surface area contributed by atoms with Crippen molar-refractivity contribution in [3.8, 4) is 0 Å². The second kappa shape index (κ2) is 10.9. The molecule has 0 atom stereocenters. The lowest BCUT2D eigenvalue weighted by Crippen LogP contribution is -2.49. The molecular weight excluding hydrogens is 384 g/mol. The summed E-state index contributed by atoms with van der Waals surface area (Å²) in [6.07, 6.45) is 8.95. The molecule has 0 unspecified atom stereocenters. The molecular formula is C26H36N4O. The molecule has 1 amide bonds. The van der Waals surface area contributed by atoms with E-state index in [1.807, 2.05) is 12.1 Å². The smallest absolute Gasteiger partial charge is 0.223 e. The normalized spacial score (nSPS) is 19.4. The van der Waals surface area contributed by atoms with Crippen LogP contribution in [0.15, 0.2) is 48.8 Å². The molecule has 0 aliphatic carbocycles. The Morgan fingerprint density at radius 3 is 2.42 bits per heavy atom. The van der Waals surface area contributed by atoms with Crippen molar-refractivity contribution in [3.05, 3.63) is 65.5 Å². The van der Waals surface area contributed by atoms with E-state index in [1.54, 1.807) is 12.4 Å². The maximum absolute atomic E-state index is 12.6. The molecule has 5 nitrogen and oxygen atoms in total. The number of aromatic nitrogens is 1. The predicted molar refractivity (Wildman–Crippen MR) is 125 cm³/mol. The van der Waals surface area contributed by atoms with Crippen LogP contribution in [0.5, 0.6) is 0 Å². The summed E-state index contributed by atoms with van der Waals surface area (Å²) in [6, 6.07) is 13.4. The third-order valence-electron chi connectivity index (χ3n) is 7.09. The maximum Gasteiger partial charge on any atom is 0.223 e. The summed E-state index contributed by atoms with van der Waals surface area (Å²) in [6.45, 7) is 8.46. The average Bonchev–Trinajstić information content (AvgIpc) is 2.82. The van der Waals surface area contributed by atoms with E-state index in [-0.39, 0.29) is 11.8 Å². The summed E-state index contributed by atoms with van der Waals surface area (Å²) < 4.78 is 0. The lowest BCUT2D eigenvalue weighted by Gasteiger charge is -2.41. The molecule has 2 aliphatic rings. The fourth-order valence-electron chi connectivity index (χ4n) is 5.02. The predicted octanol–water partition coefficient (Wildman–Crippen LogP) is 3.43. The average molecular weight is 421 g/mol. The number of hydrogen-bond donors (Lipinski definition) is 1. The number of hydrogen-bond acceptors (Lipinski definition) is 4. The standard InChI is InChI=1S/C26H36N4O/c1-21-4-2-3-5-24(21)20-29-16-11-25(12-17-29)30-18-9-23(10-19-30)26(31)28-15-8-22-6-13-27-14-7-22/h2-7,13-14,23,25H,8-12,15-20H2,1H3,(H,28,31). The fraction of sp³-hybridized carbons (Fsp3) is 0.538. The number of likely N-dealkylation sites (tertiary alicyclic amines) is 2. The van der Waals surface area contributed by atoms with Gasteiger partial charge in [-0.25, -0.2) is 0 Å². The first-order valence-corrected chi connectivity index (χ1v) is 11.9. The van der Waals surface area contributed by atoms with E-state index in [0.717, 1.165) is 38.9 Å². The molecule has 2 fully saturated rings. The molecule has 0 spiro atoms. The quantitative estimate of drug-likeness (QED) is 0.746. The number of amides is 1. The minimum Gasteiger partial charge on any atom is -0.356 e. The van der Waals surface area contributed by atoms with Crippen LogP contribution in [0, 0.1) is 12.8 Å². The van der Waals surface area contributed by atoms with Crippen LogP contribution in [0.3, 0.4) is 0 Å². The highest BCUT2D eigenvalue weighted by Gasteiger charge is 2.30. The Labute approximate surface area is 186 Å². The molecule has 3 heterocycles. The van der Waals surface area contributed by atoms with Crippen LogP contribution in [-0.2, 0) is 17.8 Å². The minimum absolute atomic E-state index is 0.176. The number of aryl methyl sites for hydroxylation is 1. The van der Waals surface area contributed by atoms with Crippen LogP contribution in [-0.4, -0.2) is 59.5 Å². The van der Waals surface area contributed by atoms with Gasteiger partial charge in [-0.15, -0.1) is 0 Å². The van der Waals surface area contributed by atoms with Gasteiger partial charge in [-0.1, -0.05) is 24.3 Å². The lowest BCUT2D eigenvalue weighted by atomic mass is 9.92. The summed E-state index contributed by atoms with van der Waals surface area (Å²) >= 11 is 0. The molecule has 2 aliphatic heterocycles. The Morgan fingerprint density at radius 1 is 1.00 bits per heavy atom. The van der Waals surface area contributed by atoms with Crippen molar-refractivity contribution in [2.45, 2.75) is 51.6 Å². The summed E-state index contributed by atoms with van der Waals surface area (Å²) in [5, 5.41) is 3.14. The van der Waals surface area contributed by atoms with Crippen LogP contribution < -0.4 is 5.32 Å². The van der Waals surface area contributed by atoms with Gasteiger partial charge in [-0.2, -0.15) is 0 Å². The SMILES string of the molecule is Cc1ccccc1CN1CCC(N2CCC(C(=O)NCCc3ccncc3)CC2)CC1. The highest BCUT2D eigenvalue weighted by Crippen LogP contribution is 2.25. The van der Waals surface area contributed by atoms with Crippen LogP contribution in [0.2, 0.25) is 0 Å². The van der Waals surface area contributed by atoms with Crippen molar-refractivity contribution in [2.24, 2.45) is 5.92 Å². The van der Waals surface area contributed by atoms with E-state index >= 15 is 0 Å². The number of piperidine rings is 2. The van der Waals surface area contributed by atoms with Crippen LogP contribution in [0.1, 0.15) is 42.4 Å². The summed E-state index contributed by atoms with van der Waals surface area (Å²) in [5.74, 6) is 0.414. The van der Waals surface area contributed by atoms with Crippen molar-refractivity contribution in [1.82, 2.24) is 20.1 Å². The molecule has 2 aromatic rings. The van der Waals surface area contributed by atoms with Crippen molar-refractivity contribution >= 4 is 5.91 Å². The van der Waals surface area contributed by atoms with Crippen molar-refractivity contribution < 1.29 is 4.79 Å². The summed E-state index contributed by atoms with van der Waals surface area (Å²) in [5.41, 5.74) is 4.07. The Hall–Kier alpha value is -2.24. The van der Waals surface area contributed by atoms with E-state index in [4.69, 9.17) is 0 Å². The van der Waals surface area contributed by atoms with Gasteiger partial charge in [0.1, 0.15) is 0 Å². The largest absolute Gasteiger partial charge is 0.356 e. The van der Waals surface area contributed by atoms with Crippen LogP contribution in [0.4, 0.5) is 0 Å². The molecule has 5 heteroatoms. The molecule has 166 valence electrons. The maximum atomic E-state index is 12.6. The zero-order valence-corrected chi connectivity index (χ0v) is 18.8. The molecule has 2 saturated heterocycles. The molecule has 4 rings (SSSR count). The number of pyridine rings is 1. The second-order valence-electron chi connectivity index (χ2n) is 9.14. The third-order valence-corrected chi connectivity index (χ3v) is 7.09. The Balaban J connectivity index is 1.15. The van der Waals surface area contributed by atoms with Crippen molar-refractivity contribution in [1.29, 1.82) is 0 Å². The topological polar surface area (TPSA) is 48.5 Å². The van der Waals surface area contributed by atoms with Gasteiger partial charge in [0.15, 0.2) is 0 Å². The molecule has 31 heavy (non-hydrogen) atoms. The molecule has 1 aromatic carbocycles. The van der Waals surface area contributed by atoms with Gasteiger partial charge < -0.3 is 10.2 Å². The van der Waals surface area contributed by atoms with Crippen molar-refractivity contribution in [3.63, 3.8) is 0 Å². The van der Waals surface area contributed by atoms with Gasteiger partial charge in [0, 0.05) is 37.4 Å². The molecule has 1 aromatic heterocycles. The van der Waals surface area contributed by atoms with E-state index in [9.17, 15) is 4.79 Å². The van der Waals surface area contributed by atoms with Gasteiger partial charge >= 0.3 is 0 Å². The first kappa shape index (κ1) is 22.0. The zero-order chi connectivity index (χ0) is 21.5. The molecule has 0 bridgehead atoms. The minimum atomic E-state index is 0.176. The van der Waals surface area contributed by atoms with Gasteiger partial charge in [0.05, 0.1) is 0 Å². The first-order valence-electron chi connectivity index (χ1n) is 11.9. The van der Waals surface area contributed by atoms with Gasteiger partial charge in [-0.3, -0.25) is 14.7 Å². The third kappa shape index (κ3) is 6.14. The van der Waals surface area contributed by atoms with Gasteiger partial charge in [-0.05, 0) is 94.0 Å². The van der Waals surface area contributed by atoms with Crippen LogP contribution >= 0.6 is 0 Å². The summed E-state index contributed by atoms with van der Waals surface area (Å²) in [4.78, 5) is 21.8. The van der Waals surface area contributed by atoms with Gasteiger partial charge in [0.25, 0.3) is 0 Å². The van der Waals surface area contributed by atoms with Crippen molar-refractivity contribution in [2.75, 3.05) is 32.7 Å². The first-order chi connectivity index (χ1) is 15.2. The Bertz CT molecular complexity index is 824. The number of carbonyl (C=O) groups excluding carboxylic acids is 1. The Kier molecular flexibility index (Phi) is 7.71. The lowest BCUT2D eigenvalue weighted by molar-refractivity contribution is -0.126. The molecule has 0 radical (unpaired) electrons. The number of nitrogens with zero attached hydrogens (tertiary/aromatic N) is 3. The van der Waals surface area contributed by atoms with E-state index in [0.29, 0.717) is 12.6 Å². The van der Waals surface area contributed by atoms with Crippen LogP contribution in [0.25, 0.3) is 0 Å². The molecule has 1 N–H and O–H groups in total.